The lowest BCUT2D eigenvalue weighted by Crippen LogP contribution is -2.51. The number of amides is 1. The molecule has 1 amide bonds. The summed E-state index contributed by atoms with van der Waals surface area (Å²) in [6.07, 6.45) is 6.22. The van der Waals surface area contributed by atoms with Gasteiger partial charge in [0.05, 0.1) is 16.9 Å². The third-order valence-electron chi connectivity index (χ3n) is 10.1. The Kier molecular flexibility index (Phi) is 7.59. The van der Waals surface area contributed by atoms with Crippen molar-refractivity contribution in [2.75, 3.05) is 10.2 Å². The zero-order valence-corrected chi connectivity index (χ0v) is 26.3. The first-order valence-electron chi connectivity index (χ1n) is 16.2. The molecular formula is C39H35N3O5. The molecule has 7 rings (SSSR count). The number of benzene rings is 4. The maximum Gasteiger partial charge on any atom is 0.269 e. The molecule has 0 aromatic heterocycles. The van der Waals surface area contributed by atoms with Gasteiger partial charge in [-0.25, -0.2) is 0 Å². The lowest BCUT2D eigenvalue weighted by atomic mass is 9.64. The number of hydrogen-bond donors (Lipinski definition) is 1. The molecule has 0 aliphatic carbocycles. The normalized spacial score (nSPS) is 22.3. The number of nitrogens with one attached hydrogen (secondary N) is 1. The van der Waals surface area contributed by atoms with Gasteiger partial charge in [0.2, 0.25) is 5.91 Å². The van der Waals surface area contributed by atoms with Crippen LogP contribution >= 0.6 is 0 Å². The van der Waals surface area contributed by atoms with Crippen LogP contribution in [0, 0.1) is 16.0 Å². The number of anilines is 2. The molecule has 8 heteroatoms. The van der Waals surface area contributed by atoms with Crippen molar-refractivity contribution < 1.29 is 19.3 Å². The van der Waals surface area contributed by atoms with E-state index in [1.807, 2.05) is 90.7 Å². The zero-order valence-electron chi connectivity index (χ0n) is 26.3. The SMILES string of the molecule is CCCCCc1ccc(C(=O)[C@H]2[C@H](C(=O)c3ccc([N+](=O)[O-])cc3)N3c4ccccc4C(C)=C[C@H]3[C@]23C(=O)Nc2ccccc23)cc1. The molecule has 1 fully saturated rings. The minimum absolute atomic E-state index is 0.139. The summed E-state index contributed by atoms with van der Waals surface area (Å²) in [6, 6.07) is 26.4. The predicted molar refractivity (Wildman–Crippen MR) is 182 cm³/mol. The Hall–Kier alpha value is -5.37. The highest BCUT2D eigenvalue weighted by molar-refractivity contribution is 6.18. The number of carbonyl (C=O) groups excluding carboxylic acids is 3. The van der Waals surface area contributed by atoms with Gasteiger partial charge in [-0.3, -0.25) is 24.5 Å². The average Bonchev–Trinajstić information content (AvgIpc) is 3.56. The van der Waals surface area contributed by atoms with Crippen molar-refractivity contribution in [1.29, 1.82) is 0 Å². The number of para-hydroxylation sites is 2. The van der Waals surface area contributed by atoms with E-state index < -0.39 is 28.3 Å². The number of allylic oxidation sites excluding steroid dienone is 1. The number of nitro groups is 1. The molecule has 47 heavy (non-hydrogen) atoms. The number of rotatable bonds is 9. The van der Waals surface area contributed by atoms with Gasteiger partial charge < -0.3 is 10.2 Å². The van der Waals surface area contributed by atoms with Gasteiger partial charge in [-0.15, -0.1) is 0 Å². The summed E-state index contributed by atoms with van der Waals surface area (Å²) in [5, 5.41) is 14.5. The van der Waals surface area contributed by atoms with Crippen LogP contribution in [-0.4, -0.2) is 34.5 Å². The highest BCUT2D eigenvalue weighted by Gasteiger charge is 2.70. The van der Waals surface area contributed by atoms with E-state index >= 15 is 4.79 Å². The fraction of sp³-hybridized carbons (Fsp3) is 0.256. The Balaban J connectivity index is 1.45. The molecule has 4 aromatic carbocycles. The first kappa shape index (κ1) is 30.3. The van der Waals surface area contributed by atoms with Crippen LogP contribution in [0.1, 0.15) is 70.5 Å². The number of nitro benzene ring substituents is 1. The van der Waals surface area contributed by atoms with Crippen LogP contribution in [0.3, 0.4) is 0 Å². The predicted octanol–water partition coefficient (Wildman–Crippen LogP) is 7.57. The number of fused-ring (bicyclic) bond motifs is 6. The minimum Gasteiger partial charge on any atom is -0.352 e. The molecule has 0 bridgehead atoms. The number of ketones is 2. The third kappa shape index (κ3) is 4.70. The van der Waals surface area contributed by atoms with Crippen LogP contribution in [0.25, 0.3) is 5.57 Å². The molecule has 8 nitrogen and oxygen atoms in total. The molecule has 1 N–H and O–H groups in total. The Labute approximate surface area is 273 Å². The molecule has 3 aliphatic heterocycles. The molecule has 4 aromatic rings. The fourth-order valence-electron chi connectivity index (χ4n) is 7.90. The second-order valence-corrected chi connectivity index (χ2v) is 12.7. The highest BCUT2D eigenvalue weighted by atomic mass is 16.6. The summed E-state index contributed by atoms with van der Waals surface area (Å²) in [7, 11) is 0. The summed E-state index contributed by atoms with van der Waals surface area (Å²) >= 11 is 0. The van der Waals surface area contributed by atoms with Crippen molar-refractivity contribution in [2.45, 2.75) is 57.0 Å². The van der Waals surface area contributed by atoms with Crippen LogP contribution in [0.4, 0.5) is 17.1 Å². The van der Waals surface area contributed by atoms with Crippen molar-refractivity contribution in [3.05, 3.63) is 141 Å². The molecule has 0 radical (unpaired) electrons. The zero-order chi connectivity index (χ0) is 32.9. The van der Waals surface area contributed by atoms with Gasteiger partial charge >= 0.3 is 0 Å². The van der Waals surface area contributed by atoms with Crippen LogP contribution in [0.15, 0.2) is 103 Å². The van der Waals surface area contributed by atoms with Crippen molar-refractivity contribution in [1.82, 2.24) is 0 Å². The summed E-state index contributed by atoms with van der Waals surface area (Å²) in [5.74, 6) is -2.11. The van der Waals surface area contributed by atoms with E-state index in [4.69, 9.17) is 0 Å². The Morgan fingerprint density at radius 2 is 1.53 bits per heavy atom. The number of unbranched alkanes of at least 4 members (excludes halogenated alkanes) is 2. The lowest BCUT2D eigenvalue weighted by Gasteiger charge is -2.39. The van der Waals surface area contributed by atoms with E-state index in [1.165, 1.54) is 24.3 Å². The molecule has 0 saturated carbocycles. The number of non-ortho nitro benzene ring substituents is 1. The number of aryl methyl sites for hydroxylation is 1. The van der Waals surface area contributed by atoms with Crippen molar-refractivity contribution >= 4 is 40.1 Å². The monoisotopic (exact) mass is 625 g/mol. The summed E-state index contributed by atoms with van der Waals surface area (Å²) in [5.41, 5.74) is 4.15. The van der Waals surface area contributed by atoms with E-state index in [0.29, 0.717) is 16.8 Å². The van der Waals surface area contributed by atoms with Gasteiger partial charge in [0.1, 0.15) is 11.5 Å². The first-order valence-corrected chi connectivity index (χ1v) is 16.2. The Morgan fingerprint density at radius 3 is 2.26 bits per heavy atom. The van der Waals surface area contributed by atoms with E-state index in [9.17, 15) is 19.7 Å². The third-order valence-corrected chi connectivity index (χ3v) is 10.1. The minimum atomic E-state index is -1.43. The maximum absolute atomic E-state index is 15.1. The van der Waals surface area contributed by atoms with Gasteiger partial charge in [0, 0.05) is 40.2 Å². The molecule has 1 saturated heterocycles. The van der Waals surface area contributed by atoms with E-state index in [1.54, 1.807) is 0 Å². The smallest absolute Gasteiger partial charge is 0.269 e. The second-order valence-electron chi connectivity index (χ2n) is 12.7. The summed E-state index contributed by atoms with van der Waals surface area (Å²) in [6.45, 7) is 4.15. The maximum atomic E-state index is 15.1. The van der Waals surface area contributed by atoms with Gasteiger partial charge in [0.25, 0.3) is 5.69 Å². The Morgan fingerprint density at radius 1 is 0.872 bits per heavy atom. The molecular weight excluding hydrogens is 590 g/mol. The van der Waals surface area contributed by atoms with E-state index in [0.717, 1.165) is 48.1 Å². The highest BCUT2D eigenvalue weighted by Crippen LogP contribution is 2.58. The van der Waals surface area contributed by atoms with Gasteiger partial charge in [0.15, 0.2) is 11.6 Å². The van der Waals surface area contributed by atoms with Gasteiger partial charge in [-0.2, -0.15) is 0 Å². The standard InChI is InChI=1S/C39H35N3O5/c1-3-4-5-10-25-15-17-26(18-16-25)36(43)34-35(37(44)27-19-21-28(22-20-27)42(46)47)41-32-14-9-6-11-29(32)24(2)23-33(41)39(34)30-12-7-8-13-31(30)40-38(39)45/h6-9,11-23,33-35H,3-5,10H2,1-2H3,(H,40,45)/t33-,34+,35+,39-/m0/s1. The molecule has 1 spiro atoms. The number of nitrogens with zero attached hydrogens (tertiary/aromatic N) is 2. The Bertz CT molecular complexity index is 1950. The number of carbonyl (C=O) groups is 3. The number of hydrogen-bond acceptors (Lipinski definition) is 6. The van der Waals surface area contributed by atoms with Crippen LogP contribution < -0.4 is 10.2 Å². The first-order chi connectivity index (χ1) is 22.8. The molecule has 4 atom stereocenters. The lowest BCUT2D eigenvalue weighted by molar-refractivity contribution is -0.384. The molecule has 3 heterocycles. The second kappa shape index (κ2) is 11.8. The fourth-order valence-corrected chi connectivity index (χ4v) is 7.90. The summed E-state index contributed by atoms with van der Waals surface area (Å²) < 4.78 is 0. The van der Waals surface area contributed by atoms with Crippen molar-refractivity contribution in [3.63, 3.8) is 0 Å². The van der Waals surface area contributed by atoms with Gasteiger partial charge in [-0.1, -0.05) is 86.5 Å². The average molecular weight is 626 g/mol. The number of Topliss-reactive ketones (excluding diaryl/α,β-unsaturated/α-hetero) is 2. The van der Waals surface area contributed by atoms with Crippen molar-refractivity contribution in [2.24, 2.45) is 5.92 Å². The van der Waals surface area contributed by atoms with Crippen molar-refractivity contribution in [3.8, 4) is 0 Å². The molecule has 236 valence electrons. The van der Waals surface area contributed by atoms with E-state index in [-0.39, 0.29) is 28.7 Å². The quantitative estimate of drug-likeness (QED) is 0.0889. The summed E-state index contributed by atoms with van der Waals surface area (Å²) in [4.78, 5) is 57.4. The largest absolute Gasteiger partial charge is 0.352 e. The van der Waals surface area contributed by atoms with Crippen LogP contribution in [0.2, 0.25) is 0 Å². The molecule has 0 unspecified atom stereocenters. The van der Waals surface area contributed by atoms with E-state index in [2.05, 4.69) is 12.2 Å². The van der Waals surface area contributed by atoms with Gasteiger partial charge in [-0.05, 0) is 60.7 Å². The van der Waals surface area contributed by atoms with Crippen LogP contribution in [-0.2, 0) is 16.6 Å². The topological polar surface area (TPSA) is 110 Å². The van der Waals surface area contributed by atoms with Crippen LogP contribution in [0.5, 0.6) is 0 Å². The molecule has 3 aliphatic rings.